The van der Waals surface area contributed by atoms with E-state index in [0.29, 0.717) is 19.6 Å². The van der Waals surface area contributed by atoms with Gasteiger partial charge in [-0.1, -0.05) is 30.4 Å². The van der Waals surface area contributed by atoms with E-state index in [4.69, 9.17) is 0 Å². The van der Waals surface area contributed by atoms with E-state index in [-0.39, 0.29) is 11.9 Å². The number of likely N-dealkylation sites (tertiary alicyclic amines) is 1. The van der Waals surface area contributed by atoms with Gasteiger partial charge >= 0.3 is 12.2 Å². The Morgan fingerprint density at radius 1 is 1.19 bits per heavy atom. The highest BCUT2D eigenvalue weighted by atomic mass is 32.1. The molecular weight excluding hydrogens is 377 g/mol. The molecule has 0 radical (unpaired) electrons. The maximum atomic E-state index is 12.7. The molecule has 0 bridgehead atoms. The van der Waals surface area contributed by atoms with Gasteiger partial charge in [-0.15, -0.1) is 10.2 Å². The van der Waals surface area contributed by atoms with Gasteiger partial charge in [0.15, 0.2) is 0 Å². The quantitative estimate of drug-likeness (QED) is 0.839. The lowest BCUT2D eigenvalue weighted by atomic mass is 9.89. The predicted octanol–water partition coefficient (Wildman–Crippen LogP) is 4.21. The summed E-state index contributed by atoms with van der Waals surface area (Å²) in [6.07, 6.45) is -2.02. The van der Waals surface area contributed by atoms with Crippen molar-refractivity contribution in [1.82, 2.24) is 20.4 Å². The van der Waals surface area contributed by atoms with Gasteiger partial charge < -0.3 is 10.2 Å². The second-order valence-corrected chi connectivity index (χ2v) is 7.63. The van der Waals surface area contributed by atoms with Crippen molar-refractivity contribution in [2.75, 3.05) is 13.1 Å². The lowest BCUT2D eigenvalue weighted by molar-refractivity contribution is -0.137. The normalized spacial score (nSPS) is 15.8. The summed E-state index contributed by atoms with van der Waals surface area (Å²) in [7, 11) is 0. The minimum absolute atomic E-state index is 0.144. The molecule has 1 aliphatic heterocycles. The Morgan fingerprint density at radius 3 is 2.37 bits per heavy atom. The number of alkyl halides is 3. The number of piperidine rings is 1. The van der Waals surface area contributed by atoms with E-state index in [2.05, 4.69) is 15.5 Å². The van der Waals surface area contributed by atoms with Crippen LogP contribution >= 0.6 is 11.3 Å². The number of nitrogens with zero attached hydrogens (tertiary/aromatic N) is 3. The molecule has 2 amide bonds. The summed E-state index contributed by atoms with van der Waals surface area (Å²) in [4.78, 5) is 14.0. The summed E-state index contributed by atoms with van der Waals surface area (Å²) in [5.41, 5.74) is 0.259. The minimum atomic E-state index is -4.31. The van der Waals surface area contributed by atoms with Crippen molar-refractivity contribution in [2.24, 2.45) is 0 Å². The smallest absolute Gasteiger partial charge is 0.331 e. The Kier molecular flexibility index (Phi) is 5.98. The number of hydrogen-bond donors (Lipinski definition) is 1. The molecular formula is C18H21F3N4OS. The predicted molar refractivity (Wildman–Crippen MR) is 96.5 cm³/mol. The van der Waals surface area contributed by atoms with Gasteiger partial charge in [0.1, 0.15) is 10.0 Å². The van der Waals surface area contributed by atoms with Gasteiger partial charge in [0.05, 0.1) is 12.1 Å². The van der Waals surface area contributed by atoms with E-state index in [1.165, 1.54) is 11.3 Å². The van der Waals surface area contributed by atoms with Crippen LogP contribution in [0.15, 0.2) is 24.3 Å². The number of carbonyl (C=O) groups excluding carboxylic acids is 1. The average molecular weight is 398 g/mol. The summed E-state index contributed by atoms with van der Waals surface area (Å²) in [5, 5.41) is 12.6. The number of aromatic nitrogens is 2. The van der Waals surface area contributed by atoms with Crippen LogP contribution in [-0.2, 0) is 19.1 Å². The van der Waals surface area contributed by atoms with Gasteiger partial charge in [-0.2, -0.15) is 13.2 Å². The summed E-state index contributed by atoms with van der Waals surface area (Å²) >= 11 is 1.49. The largest absolute Gasteiger partial charge is 0.416 e. The minimum Gasteiger partial charge on any atom is -0.331 e. The van der Waals surface area contributed by atoms with Crippen LogP contribution in [0.1, 0.15) is 46.8 Å². The zero-order valence-electron chi connectivity index (χ0n) is 14.9. The van der Waals surface area contributed by atoms with Crippen molar-refractivity contribution in [3.8, 4) is 0 Å². The van der Waals surface area contributed by atoms with Crippen molar-refractivity contribution in [2.45, 2.75) is 44.8 Å². The molecule has 1 fully saturated rings. The van der Waals surface area contributed by atoms with Crippen molar-refractivity contribution in [1.29, 1.82) is 0 Å². The van der Waals surface area contributed by atoms with Crippen molar-refractivity contribution < 1.29 is 18.0 Å². The van der Waals surface area contributed by atoms with Crippen LogP contribution in [0.5, 0.6) is 0 Å². The van der Waals surface area contributed by atoms with Gasteiger partial charge in [-0.3, -0.25) is 0 Å². The molecule has 1 aromatic heterocycles. The first kappa shape index (κ1) is 19.6. The molecule has 0 spiro atoms. The van der Waals surface area contributed by atoms with Crippen molar-refractivity contribution in [3.05, 3.63) is 45.4 Å². The van der Waals surface area contributed by atoms with Gasteiger partial charge in [-0.05, 0) is 42.9 Å². The molecule has 0 saturated carbocycles. The lowest BCUT2D eigenvalue weighted by Gasteiger charge is -2.32. The number of hydrogen-bond acceptors (Lipinski definition) is 4. The Bertz CT molecular complexity index is 768. The van der Waals surface area contributed by atoms with Crippen LogP contribution in [0, 0.1) is 0 Å². The number of urea groups is 1. The molecule has 0 atom stereocenters. The monoisotopic (exact) mass is 398 g/mol. The first-order valence-corrected chi connectivity index (χ1v) is 9.69. The number of aryl methyl sites for hydroxylation is 1. The molecule has 5 nitrogen and oxygen atoms in total. The molecule has 9 heteroatoms. The van der Waals surface area contributed by atoms with Crippen molar-refractivity contribution >= 4 is 17.4 Å². The highest BCUT2D eigenvalue weighted by Gasteiger charge is 2.30. The average Bonchev–Trinajstić information content (AvgIpc) is 3.14. The third-order valence-corrected chi connectivity index (χ3v) is 5.76. The van der Waals surface area contributed by atoms with Gasteiger partial charge in [0, 0.05) is 13.1 Å². The summed E-state index contributed by atoms with van der Waals surface area (Å²) in [5.74, 6) is 0.173. The lowest BCUT2D eigenvalue weighted by Crippen LogP contribution is -2.43. The van der Waals surface area contributed by atoms with Crippen LogP contribution in [0.2, 0.25) is 0 Å². The van der Waals surface area contributed by atoms with Gasteiger partial charge in [-0.25, -0.2) is 4.79 Å². The second kappa shape index (κ2) is 8.24. The Balaban J connectivity index is 1.48. The zero-order valence-corrected chi connectivity index (χ0v) is 15.7. The van der Waals surface area contributed by atoms with Crippen LogP contribution in [-0.4, -0.2) is 34.2 Å². The standard InChI is InChI=1S/C18H21F3N4OS/c1-2-15-23-24-16(27-15)11-22-17(26)25-9-7-13(8-10-25)12-3-5-14(6-4-12)18(19,20)21/h3-6,13H,2,7-11H2,1H3,(H,22,26). The van der Waals surface area contributed by atoms with E-state index in [9.17, 15) is 18.0 Å². The number of amides is 2. The van der Waals surface area contributed by atoms with E-state index in [0.717, 1.165) is 47.0 Å². The van der Waals surface area contributed by atoms with E-state index < -0.39 is 11.7 Å². The van der Waals surface area contributed by atoms with E-state index >= 15 is 0 Å². The van der Waals surface area contributed by atoms with E-state index in [1.54, 1.807) is 17.0 Å². The molecule has 1 saturated heterocycles. The molecule has 2 aromatic rings. The molecule has 0 aliphatic carbocycles. The second-order valence-electron chi connectivity index (χ2n) is 6.48. The number of nitrogens with one attached hydrogen (secondary N) is 1. The maximum Gasteiger partial charge on any atom is 0.416 e. The van der Waals surface area contributed by atoms with Crippen LogP contribution in [0.3, 0.4) is 0 Å². The molecule has 1 aliphatic rings. The molecule has 2 heterocycles. The number of rotatable bonds is 4. The molecule has 1 N–H and O–H groups in total. The van der Waals surface area contributed by atoms with E-state index in [1.807, 2.05) is 6.92 Å². The molecule has 27 heavy (non-hydrogen) atoms. The summed E-state index contributed by atoms with van der Waals surface area (Å²) < 4.78 is 38.0. The topological polar surface area (TPSA) is 58.1 Å². The number of carbonyl (C=O) groups is 1. The Labute approximate surface area is 159 Å². The third kappa shape index (κ3) is 4.97. The van der Waals surface area contributed by atoms with Crippen LogP contribution in [0.4, 0.5) is 18.0 Å². The van der Waals surface area contributed by atoms with Gasteiger partial charge in [0.2, 0.25) is 0 Å². The van der Waals surface area contributed by atoms with Gasteiger partial charge in [0.25, 0.3) is 0 Å². The number of halogens is 3. The highest BCUT2D eigenvalue weighted by molar-refractivity contribution is 7.11. The molecule has 3 rings (SSSR count). The first-order chi connectivity index (χ1) is 12.9. The van der Waals surface area contributed by atoms with Crippen molar-refractivity contribution in [3.63, 3.8) is 0 Å². The molecule has 0 unspecified atom stereocenters. The first-order valence-electron chi connectivity index (χ1n) is 8.88. The Hall–Kier alpha value is -2.16. The fraction of sp³-hybridized carbons (Fsp3) is 0.500. The maximum absolute atomic E-state index is 12.7. The SMILES string of the molecule is CCc1nnc(CNC(=O)N2CCC(c3ccc(C(F)(F)F)cc3)CC2)s1. The van der Waals surface area contributed by atoms with Crippen LogP contribution < -0.4 is 5.32 Å². The molecule has 1 aromatic carbocycles. The third-order valence-electron chi connectivity index (χ3n) is 4.69. The summed E-state index contributed by atoms with van der Waals surface area (Å²) in [6, 6.07) is 5.20. The fourth-order valence-corrected chi connectivity index (χ4v) is 3.85. The molecule has 146 valence electrons. The highest BCUT2D eigenvalue weighted by Crippen LogP contribution is 2.32. The zero-order chi connectivity index (χ0) is 19.4. The Morgan fingerprint density at radius 2 is 1.81 bits per heavy atom. The number of benzene rings is 1. The van der Waals surface area contributed by atoms with Crippen LogP contribution in [0.25, 0.3) is 0 Å². The summed E-state index contributed by atoms with van der Waals surface area (Å²) in [6.45, 7) is 3.51. The fourth-order valence-electron chi connectivity index (χ4n) is 3.13.